The lowest BCUT2D eigenvalue weighted by atomic mass is 9.90. The van der Waals surface area contributed by atoms with E-state index in [0.717, 1.165) is 48.5 Å². The summed E-state index contributed by atoms with van der Waals surface area (Å²) in [6.07, 6.45) is 3.22. The van der Waals surface area contributed by atoms with E-state index < -0.39 is 0 Å². The predicted molar refractivity (Wildman–Crippen MR) is 147 cm³/mol. The Labute approximate surface area is 213 Å². The number of rotatable bonds is 7. The number of nitrogens with zero attached hydrogens (tertiary/aromatic N) is 1. The number of anilines is 2. The third kappa shape index (κ3) is 4.81. The molecule has 0 saturated heterocycles. The Morgan fingerprint density at radius 1 is 1.00 bits per heavy atom. The molecule has 0 N–H and O–H groups in total. The average Bonchev–Trinajstić information content (AvgIpc) is 2.92. The highest BCUT2D eigenvalue weighted by Crippen LogP contribution is 2.40. The molecule has 4 aromatic rings. The van der Waals surface area contributed by atoms with Crippen LogP contribution in [0.1, 0.15) is 53.6 Å². The Bertz CT molecular complexity index is 1370. The summed E-state index contributed by atoms with van der Waals surface area (Å²) in [5, 5.41) is 2.65. The molecule has 4 aromatic carbocycles. The van der Waals surface area contributed by atoms with Gasteiger partial charge in [0.2, 0.25) is 0 Å². The van der Waals surface area contributed by atoms with E-state index in [2.05, 4.69) is 67.3 Å². The minimum atomic E-state index is -0.322. The maximum absolute atomic E-state index is 12.2. The molecule has 1 aliphatic heterocycles. The second-order valence-corrected chi connectivity index (χ2v) is 9.71. The van der Waals surface area contributed by atoms with Gasteiger partial charge in [-0.1, -0.05) is 67.6 Å². The highest BCUT2D eigenvalue weighted by molar-refractivity contribution is 5.91. The molecule has 2 atom stereocenters. The Kier molecular flexibility index (Phi) is 6.95. The van der Waals surface area contributed by atoms with Gasteiger partial charge in [0.1, 0.15) is 11.9 Å². The fraction of sp³-hybridized carbons (Fsp3) is 0.281. The van der Waals surface area contributed by atoms with Crippen molar-refractivity contribution in [3.63, 3.8) is 0 Å². The number of hydrogen-bond donors (Lipinski definition) is 0. The Morgan fingerprint density at radius 2 is 1.78 bits per heavy atom. The number of carbonyl (C=O) groups excluding carboxylic acids is 1. The molecule has 0 bridgehead atoms. The maximum atomic E-state index is 12.2. The predicted octanol–water partition coefficient (Wildman–Crippen LogP) is 7.81. The van der Waals surface area contributed by atoms with E-state index in [9.17, 15) is 4.79 Å². The van der Waals surface area contributed by atoms with Crippen LogP contribution in [0.5, 0.6) is 5.75 Å². The van der Waals surface area contributed by atoms with E-state index in [1.165, 1.54) is 23.4 Å². The molecule has 0 spiro atoms. The Morgan fingerprint density at radius 3 is 2.64 bits per heavy atom. The van der Waals surface area contributed by atoms with Gasteiger partial charge in [-0.15, -0.1) is 0 Å². The molecule has 36 heavy (non-hydrogen) atoms. The largest absolute Gasteiger partial charge is 0.486 e. The first-order valence-corrected chi connectivity index (χ1v) is 12.7. The monoisotopic (exact) mass is 479 g/mol. The van der Waals surface area contributed by atoms with Crippen LogP contribution >= 0.6 is 0 Å². The van der Waals surface area contributed by atoms with Crippen molar-refractivity contribution >= 4 is 28.1 Å². The van der Waals surface area contributed by atoms with Crippen LogP contribution in [0.3, 0.4) is 0 Å². The van der Waals surface area contributed by atoms with Gasteiger partial charge < -0.3 is 14.4 Å². The molecule has 0 aromatic heterocycles. The first kappa shape index (κ1) is 23.9. The highest BCUT2D eigenvalue weighted by atomic mass is 16.5. The molecular formula is C32H33NO3. The summed E-state index contributed by atoms with van der Waals surface area (Å²) in [5.41, 5.74) is 5.14. The number of ether oxygens (including phenoxy) is 2. The number of benzene rings is 4. The van der Waals surface area contributed by atoms with Crippen molar-refractivity contribution in [1.29, 1.82) is 0 Å². The van der Waals surface area contributed by atoms with Crippen LogP contribution in [-0.2, 0) is 4.74 Å². The van der Waals surface area contributed by atoms with Crippen molar-refractivity contribution in [3.05, 3.63) is 102 Å². The first-order chi connectivity index (χ1) is 17.5. The minimum absolute atomic E-state index is 0.0702. The van der Waals surface area contributed by atoms with Crippen LogP contribution in [-0.4, -0.2) is 25.7 Å². The third-order valence-corrected chi connectivity index (χ3v) is 7.27. The quantitative estimate of drug-likeness (QED) is 0.253. The van der Waals surface area contributed by atoms with Gasteiger partial charge in [-0.3, -0.25) is 0 Å². The van der Waals surface area contributed by atoms with Crippen molar-refractivity contribution < 1.29 is 14.3 Å². The van der Waals surface area contributed by atoms with E-state index in [-0.39, 0.29) is 12.1 Å². The molecule has 184 valence electrons. The average molecular weight is 480 g/mol. The van der Waals surface area contributed by atoms with Gasteiger partial charge in [0.25, 0.3) is 0 Å². The summed E-state index contributed by atoms with van der Waals surface area (Å²) in [5.74, 6) is 1.04. The van der Waals surface area contributed by atoms with Gasteiger partial charge in [0, 0.05) is 5.69 Å². The second kappa shape index (κ2) is 10.4. The van der Waals surface area contributed by atoms with Crippen LogP contribution in [0, 0.1) is 6.92 Å². The summed E-state index contributed by atoms with van der Waals surface area (Å²) in [4.78, 5) is 14.5. The molecule has 4 heteroatoms. The zero-order chi connectivity index (χ0) is 25.1. The lowest BCUT2D eigenvalue weighted by Gasteiger charge is -2.37. The van der Waals surface area contributed by atoms with E-state index in [0.29, 0.717) is 11.5 Å². The van der Waals surface area contributed by atoms with Gasteiger partial charge in [-0.2, -0.15) is 0 Å². The molecular weight excluding hydrogens is 446 g/mol. The fourth-order valence-electron chi connectivity index (χ4n) is 5.31. The SMILES string of the molecule is COC(=O)c1ccc(C)c(N2CC(CCC[C@H](C)c3cccc4ccccc34)Oc3ccccc32)c1. The lowest BCUT2D eigenvalue weighted by Crippen LogP contribution is -2.37. The Hall–Kier alpha value is -3.79. The number of para-hydroxylation sites is 2. The second-order valence-electron chi connectivity index (χ2n) is 9.71. The van der Waals surface area contributed by atoms with Crippen molar-refractivity contribution in [2.24, 2.45) is 0 Å². The number of hydrogen-bond acceptors (Lipinski definition) is 4. The smallest absolute Gasteiger partial charge is 0.337 e. The molecule has 0 aliphatic carbocycles. The van der Waals surface area contributed by atoms with E-state index in [1.807, 2.05) is 36.4 Å². The molecule has 4 nitrogen and oxygen atoms in total. The Balaban J connectivity index is 1.33. The lowest BCUT2D eigenvalue weighted by molar-refractivity contribution is 0.0601. The van der Waals surface area contributed by atoms with Crippen LogP contribution in [0.15, 0.2) is 84.9 Å². The first-order valence-electron chi connectivity index (χ1n) is 12.7. The number of esters is 1. The summed E-state index contributed by atoms with van der Waals surface area (Å²) < 4.78 is 11.4. The number of methoxy groups -OCH3 is 1. The number of fused-ring (bicyclic) bond motifs is 2. The van der Waals surface area contributed by atoms with Gasteiger partial charge in [-0.05, 0) is 78.3 Å². The minimum Gasteiger partial charge on any atom is -0.486 e. The summed E-state index contributed by atoms with van der Waals surface area (Å²) in [6.45, 7) is 5.15. The van der Waals surface area contributed by atoms with Crippen LogP contribution in [0.4, 0.5) is 11.4 Å². The molecule has 5 rings (SSSR count). The van der Waals surface area contributed by atoms with Crippen LogP contribution in [0.2, 0.25) is 0 Å². The molecule has 0 amide bonds. The molecule has 0 fully saturated rings. The highest BCUT2D eigenvalue weighted by Gasteiger charge is 2.28. The maximum Gasteiger partial charge on any atom is 0.337 e. The van der Waals surface area contributed by atoms with Crippen LogP contribution in [0.25, 0.3) is 10.8 Å². The van der Waals surface area contributed by atoms with Gasteiger partial charge in [0.15, 0.2) is 0 Å². The number of aryl methyl sites for hydroxylation is 1. The molecule has 1 heterocycles. The van der Waals surface area contributed by atoms with Crippen LogP contribution < -0.4 is 9.64 Å². The van der Waals surface area contributed by atoms with E-state index in [4.69, 9.17) is 9.47 Å². The molecule has 0 radical (unpaired) electrons. The summed E-state index contributed by atoms with van der Waals surface area (Å²) in [7, 11) is 1.42. The molecule has 1 unspecified atom stereocenters. The third-order valence-electron chi connectivity index (χ3n) is 7.27. The topological polar surface area (TPSA) is 38.8 Å². The normalized spacial score (nSPS) is 15.8. The molecule has 0 saturated carbocycles. The van der Waals surface area contributed by atoms with E-state index in [1.54, 1.807) is 0 Å². The van der Waals surface area contributed by atoms with Crippen molar-refractivity contribution in [2.45, 2.75) is 45.1 Å². The van der Waals surface area contributed by atoms with Crippen molar-refractivity contribution in [3.8, 4) is 5.75 Å². The van der Waals surface area contributed by atoms with Crippen molar-refractivity contribution in [2.75, 3.05) is 18.6 Å². The fourth-order valence-corrected chi connectivity index (χ4v) is 5.31. The molecule has 1 aliphatic rings. The van der Waals surface area contributed by atoms with E-state index >= 15 is 0 Å². The summed E-state index contributed by atoms with van der Waals surface area (Å²) >= 11 is 0. The van der Waals surface area contributed by atoms with Crippen molar-refractivity contribution in [1.82, 2.24) is 0 Å². The van der Waals surface area contributed by atoms with Gasteiger partial charge in [-0.25, -0.2) is 4.79 Å². The van der Waals surface area contributed by atoms with Gasteiger partial charge in [0.05, 0.1) is 24.9 Å². The zero-order valence-electron chi connectivity index (χ0n) is 21.2. The van der Waals surface area contributed by atoms with Gasteiger partial charge >= 0.3 is 5.97 Å². The number of carbonyl (C=O) groups is 1. The standard InChI is InChI=1S/C32H33NO3/c1-22(27-15-9-12-24-11-4-5-14-28(24)27)10-8-13-26-21-33(29-16-6-7-17-31(29)36-26)30-20-25(32(34)35-3)19-18-23(30)2/h4-7,9,11-12,14-20,22,26H,8,10,13,21H2,1-3H3/t22-,26?/m0/s1. The zero-order valence-corrected chi connectivity index (χ0v) is 21.2. The summed E-state index contributed by atoms with van der Waals surface area (Å²) in [6, 6.07) is 29.1.